The molecule has 0 aliphatic carbocycles. The summed E-state index contributed by atoms with van der Waals surface area (Å²) in [5.74, 6) is 0. The molecule has 1 aromatic rings. The van der Waals surface area contributed by atoms with Gasteiger partial charge >= 0.3 is 5.69 Å². The van der Waals surface area contributed by atoms with Crippen molar-refractivity contribution in [1.29, 1.82) is 0 Å². The third-order valence-corrected chi connectivity index (χ3v) is 2.74. The summed E-state index contributed by atoms with van der Waals surface area (Å²) in [6.07, 6.45) is 1.55. The number of nitrogens with one attached hydrogen (secondary N) is 1. The molecular weight excluding hydrogens is 204 g/mol. The zero-order valence-electron chi connectivity index (χ0n) is 10.8. The van der Waals surface area contributed by atoms with E-state index in [1.165, 1.54) is 9.25 Å². The number of hydrogen-bond donors (Lipinski definition) is 1. The van der Waals surface area contributed by atoms with Gasteiger partial charge in [0.2, 0.25) is 0 Å². The third kappa shape index (κ3) is 2.95. The summed E-state index contributed by atoms with van der Waals surface area (Å²) in [6.45, 7) is 10.1. The Kier molecular flexibility index (Phi) is 3.91. The first-order chi connectivity index (χ1) is 7.36. The second-order valence-electron chi connectivity index (χ2n) is 5.18. The predicted molar refractivity (Wildman–Crippen MR) is 64.4 cm³/mol. The van der Waals surface area contributed by atoms with Crippen LogP contribution in [0.3, 0.4) is 0 Å². The number of rotatable bonds is 4. The fourth-order valence-electron chi connectivity index (χ4n) is 1.61. The maximum atomic E-state index is 11.7. The van der Waals surface area contributed by atoms with E-state index >= 15 is 0 Å². The molecule has 1 rings (SSSR count). The lowest BCUT2D eigenvalue weighted by Crippen LogP contribution is -2.45. The van der Waals surface area contributed by atoms with Gasteiger partial charge in [-0.15, -0.1) is 0 Å². The molecule has 0 saturated heterocycles. The summed E-state index contributed by atoms with van der Waals surface area (Å²) in [7, 11) is 1.71. The first kappa shape index (κ1) is 13.0. The molecule has 1 N–H and O–H groups in total. The Morgan fingerprint density at radius 3 is 2.50 bits per heavy atom. The van der Waals surface area contributed by atoms with Gasteiger partial charge in [0, 0.05) is 13.1 Å². The smallest absolute Gasteiger partial charge is 0.312 e. The molecule has 1 heterocycles. The molecule has 92 valence electrons. The van der Waals surface area contributed by atoms with Crippen molar-refractivity contribution in [3.63, 3.8) is 0 Å². The van der Waals surface area contributed by atoms with E-state index in [-0.39, 0.29) is 17.1 Å². The highest BCUT2D eigenvalue weighted by molar-refractivity contribution is 4.81. The van der Waals surface area contributed by atoms with Crippen LogP contribution in [0, 0.1) is 5.41 Å². The SMILES string of the molecule is CCNC(Cn1ncn(C)c1=O)C(C)(C)C. The molecule has 0 amide bonds. The van der Waals surface area contributed by atoms with Crippen molar-refractivity contribution in [2.24, 2.45) is 12.5 Å². The maximum Gasteiger partial charge on any atom is 0.345 e. The minimum atomic E-state index is -0.0628. The van der Waals surface area contributed by atoms with Crippen molar-refractivity contribution in [3.8, 4) is 0 Å². The van der Waals surface area contributed by atoms with Gasteiger partial charge in [-0.25, -0.2) is 9.48 Å². The average Bonchev–Trinajstić information content (AvgIpc) is 2.47. The van der Waals surface area contributed by atoms with Gasteiger partial charge < -0.3 is 5.32 Å². The van der Waals surface area contributed by atoms with Crippen molar-refractivity contribution in [1.82, 2.24) is 19.7 Å². The molecule has 5 nitrogen and oxygen atoms in total. The summed E-state index contributed by atoms with van der Waals surface area (Å²) in [5, 5.41) is 7.48. The molecule has 0 bridgehead atoms. The molecule has 0 aromatic carbocycles. The van der Waals surface area contributed by atoms with Crippen LogP contribution < -0.4 is 11.0 Å². The van der Waals surface area contributed by atoms with E-state index in [0.717, 1.165) is 6.54 Å². The molecule has 1 aromatic heterocycles. The Bertz CT molecular complexity index is 385. The maximum absolute atomic E-state index is 11.7. The molecule has 16 heavy (non-hydrogen) atoms. The van der Waals surface area contributed by atoms with Crippen LogP contribution in [0.4, 0.5) is 0 Å². The summed E-state index contributed by atoms with van der Waals surface area (Å²) >= 11 is 0. The van der Waals surface area contributed by atoms with Gasteiger partial charge in [0.15, 0.2) is 0 Å². The lowest BCUT2D eigenvalue weighted by atomic mass is 9.86. The predicted octanol–water partition coefficient (Wildman–Crippen LogP) is 0.606. The van der Waals surface area contributed by atoms with Crippen LogP contribution in [-0.2, 0) is 13.6 Å². The third-order valence-electron chi connectivity index (χ3n) is 2.74. The summed E-state index contributed by atoms with van der Waals surface area (Å²) in [5.41, 5.74) is 0.0413. The Morgan fingerprint density at radius 1 is 1.50 bits per heavy atom. The fraction of sp³-hybridized carbons (Fsp3) is 0.818. The quantitative estimate of drug-likeness (QED) is 0.818. The average molecular weight is 226 g/mol. The zero-order chi connectivity index (χ0) is 12.3. The molecule has 0 radical (unpaired) electrons. The molecule has 1 atom stereocenters. The van der Waals surface area contributed by atoms with E-state index in [0.29, 0.717) is 6.54 Å². The number of likely N-dealkylation sites (N-methyl/N-ethyl adjacent to an activating group) is 1. The van der Waals surface area contributed by atoms with E-state index in [2.05, 4.69) is 38.1 Å². The molecular formula is C11H22N4O. The Morgan fingerprint density at radius 2 is 2.12 bits per heavy atom. The first-order valence-corrected chi connectivity index (χ1v) is 5.68. The summed E-state index contributed by atoms with van der Waals surface area (Å²) < 4.78 is 3.00. The summed E-state index contributed by atoms with van der Waals surface area (Å²) in [4.78, 5) is 11.7. The standard InChI is InChI=1S/C11H22N4O/c1-6-12-9(11(2,3)4)7-15-10(16)14(5)8-13-15/h8-9,12H,6-7H2,1-5H3. The van der Waals surface area contributed by atoms with E-state index in [4.69, 9.17) is 0 Å². The molecule has 1 unspecified atom stereocenters. The largest absolute Gasteiger partial charge is 0.345 e. The normalized spacial score (nSPS) is 14.1. The van der Waals surface area contributed by atoms with Crippen molar-refractivity contribution < 1.29 is 0 Å². The lowest BCUT2D eigenvalue weighted by molar-refractivity contribution is 0.236. The second-order valence-corrected chi connectivity index (χ2v) is 5.18. The molecule has 0 aliphatic rings. The Labute approximate surface area is 96.5 Å². The first-order valence-electron chi connectivity index (χ1n) is 5.68. The number of aryl methyl sites for hydroxylation is 1. The van der Waals surface area contributed by atoms with Crippen LogP contribution in [0.1, 0.15) is 27.7 Å². The Hall–Kier alpha value is -1.10. The highest BCUT2D eigenvalue weighted by Gasteiger charge is 2.25. The summed E-state index contributed by atoms with van der Waals surface area (Å²) in [6, 6.07) is 0.241. The minimum Gasteiger partial charge on any atom is -0.312 e. The Balaban J connectivity index is 2.84. The minimum absolute atomic E-state index is 0.0628. The van der Waals surface area contributed by atoms with Gasteiger partial charge in [0.25, 0.3) is 0 Å². The zero-order valence-corrected chi connectivity index (χ0v) is 10.8. The molecule has 0 spiro atoms. The van der Waals surface area contributed by atoms with Crippen LogP contribution in [-0.4, -0.2) is 26.9 Å². The second kappa shape index (κ2) is 4.82. The topological polar surface area (TPSA) is 51.9 Å². The van der Waals surface area contributed by atoms with Crippen LogP contribution >= 0.6 is 0 Å². The van der Waals surface area contributed by atoms with E-state index in [1.54, 1.807) is 13.4 Å². The number of hydrogen-bond acceptors (Lipinski definition) is 3. The van der Waals surface area contributed by atoms with Gasteiger partial charge in [-0.05, 0) is 12.0 Å². The van der Waals surface area contributed by atoms with Crippen LogP contribution in [0.15, 0.2) is 11.1 Å². The number of nitrogens with zero attached hydrogens (tertiary/aromatic N) is 3. The van der Waals surface area contributed by atoms with Gasteiger partial charge in [0.05, 0.1) is 6.54 Å². The van der Waals surface area contributed by atoms with E-state index in [1.807, 2.05) is 0 Å². The van der Waals surface area contributed by atoms with Crippen molar-refractivity contribution in [2.45, 2.75) is 40.3 Å². The van der Waals surface area contributed by atoms with Crippen LogP contribution in [0.5, 0.6) is 0 Å². The van der Waals surface area contributed by atoms with Gasteiger partial charge in [-0.1, -0.05) is 27.7 Å². The molecule has 0 saturated carbocycles. The highest BCUT2D eigenvalue weighted by Crippen LogP contribution is 2.19. The molecule has 0 fully saturated rings. The molecule has 0 aliphatic heterocycles. The van der Waals surface area contributed by atoms with Crippen molar-refractivity contribution in [3.05, 3.63) is 16.8 Å². The molecule has 5 heteroatoms. The fourth-order valence-corrected chi connectivity index (χ4v) is 1.61. The van der Waals surface area contributed by atoms with E-state index < -0.39 is 0 Å². The van der Waals surface area contributed by atoms with Gasteiger partial charge in [-0.2, -0.15) is 5.10 Å². The van der Waals surface area contributed by atoms with E-state index in [9.17, 15) is 4.79 Å². The van der Waals surface area contributed by atoms with Crippen LogP contribution in [0.25, 0.3) is 0 Å². The lowest BCUT2D eigenvalue weighted by Gasteiger charge is -2.30. The number of aromatic nitrogens is 3. The van der Waals surface area contributed by atoms with Crippen molar-refractivity contribution in [2.75, 3.05) is 6.54 Å². The van der Waals surface area contributed by atoms with Crippen molar-refractivity contribution >= 4 is 0 Å². The van der Waals surface area contributed by atoms with Gasteiger partial charge in [-0.3, -0.25) is 4.57 Å². The van der Waals surface area contributed by atoms with Gasteiger partial charge in [0.1, 0.15) is 6.33 Å². The van der Waals surface area contributed by atoms with Crippen LogP contribution in [0.2, 0.25) is 0 Å². The monoisotopic (exact) mass is 226 g/mol. The highest BCUT2D eigenvalue weighted by atomic mass is 16.2.